The molecule has 0 atom stereocenters. The van der Waals surface area contributed by atoms with Gasteiger partial charge < -0.3 is 10.2 Å². The van der Waals surface area contributed by atoms with E-state index in [-0.39, 0.29) is 11.1 Å². The largest absolute Gasteiger partial charge is 0.478 e. The zero-order valence-electron chi connectivity index (χ0n) is 15.1. The van der Waals surface area contributed by atoms with Gasteiger partial charge >= 0.3 is 11.9 Å². The second-order valence-corrected chi connectivity index (χ2v) is 6.44. The highest BCUT2D eigenvalue weighted by atomic mass is 16.4. The molecular formula is C21H16N4O4. The quantitative estimate of drug-likeness (QED) is 0.524. The van der Waals surface area contributed by atoms with E-state index < -0.39 is 11.9 Å². The first-order valence-corrected chi connectivity index (χ1v) is 8.72. The lowest BCUT2D eigenvalue weighted by molar-refractivity contribution is 0.0686. The van der Waals surface area contributed by atoms with Crippen LogP contribution in [0, 0.1) is 0 Å². The Hall–Kier alpha value is -4.20. The molecule has 2 aromatic carbocycles. The molecule has 4 aromatic rings. The average molecular weight is 388 g/mol. The molecule has 0 saturated carbocycles. The van der Waals surface area contributed by atoms with Crippen LogP contribution in [-0.2, 0) is 6.67 Å². The van der Waals surface area contributed by atoms with Gasteiger partial charge in [-0.1, -0.05) is 24.3 Å². The molecule has 0 aliphatic carbocycles. The zero-order chi connectivity index (χ0) is 20.4. The van der Waals surface area contributed by atoms with Gasteiger partial charge in [0.15, 0.2) is 0 Å². The lowest BCUT2D eigenvalue weighted by Gasteiger charge is -2.02. The van der Waals surface area contributed by atoms with Crippen molar-refractivity contribution in [3.63, 3.8) is 0 Å². The lowest BCUT2D eigenvalue weighted by atomic mass is 10.1. The van der Waals surface area contributed by atoms with Crippen molar-refractivity contribution >= 4 is 11.9 Å². The Balaban J connectivity index is 1.48. The molecule has 0 spiro atoms. The van der Waals surface area contributed by atoms with E-state index in [0.29, 0.717) is 6.67 Å². The monoisotopic (exact) mass is 388 g/mol. The van der Waals surface area contributed by atoms with Crippen molar-refractivity contribution in [2.45, 2.75) is 6.67 Å². The van der Waals surface area contributed by atoms with Crippen molar-refractivity contribution in [3.8, 4) is 22.3 Å². The molecule has 0 unspecified atom stereocenters. The summed E-state index contributed by atoms with van der Waals surface area (Å²) in [6.07, 6.45) is 7.15. The van der Waals surface area contributed by atoms with E-state index in [1.165, 1.54) is 0 Å². The minimum absolute atomic E-state index is 0.238. The van der Waals surface area contributed by atoms with Gasteiger partial charge in [-0.25, -0.2) is 9.59 Å². The molecule has 0 saturated heterocycles. The molecule has 0 aliphatic rings. The van der Waals surface area contributed by atoms with E-state index in [0.717, 1.165) is 22.3 Å². The van der Waals surface area contributed by atoms with Crippen LogP contribution in [0.25, 0.3) is 22.3 Å². The maximum atomic E-state index is 11.0. The molecule has 0 bridgehead atoms. The third kappa shape index (κ3) is 3.91. The molecular weight excluding hydrogens is 372 g/mol. The Morgan fingerprint density at radius 1 is 0.655 bits per heavy atom. The topological polar surface area (TPSA) is 110 Å². The number of carbonyl (C=O) groups is 2. The summed E-state index contributed by atoms with van der Waals surface area (Å²) < 4.78 is 3.45. The first-order valence-electron chi connectivity index (χ1n) is 8.72. The Morgan fingerprint density at radius 3 is 1.38 bits per heavy atom. The zero-order valence-corrected chi connectivity index (χ0v) is 15.1. The molecule has 0 amide bonds. The second kappa shape index (κ2) is 7.43. The van der Waals surface area contributed by atoms with Crippen LogP contribution in [0.5, 0.6) is 0 Å². The van der Waals surface area contributed by atoms with Gasteiger partial charge in [-0.05, 0) is 35.4 Å². The van der Waals surface area contributed by atoms with Gasteiger partial charge in [-0.3, -0.25) is 9.36 Å². The molecule has 0 radical (unpaired) electrons. The van der Waals surface area contributed by atoms with Crippen LogP contribution in [0.4, 0.5) is 0 Å². The van der Waals surface area contributed by atoms with E-state index in [1.54, 1.807) is 70.3 Å². The predicted molar refractivity (Wildman–Crippen MR) is 105 cm³/mol. The van der Waals surface area contributed by atoms with Gasteiger partial charge in [0.25, 0.3) is 0 Å². The number of rotatable bonds is 6. The lowest BCUT2D eigenvalue weighted by Crippen LogP contribution is -2.08. The van der Waals surface area contributed by atoms with E-state index in [1.807, 2.05) is 12.4 Å². The average Bonchev–Trinajstić information content (AvgIpc) is 3.38. The molecule has 0 fully saturated rings. The Kier molecular flexibility index (Phi) is 4.66. The number of benzene rings is 2. The maximum absolute atomic E-state index is 11.0. The number of aromatic nitrogens is 4. The first kappa shape index (κ1) is 18.2. The molecule has 8 nitrogen and oxygen atoms in total. The van der Waals surface area contributed by atoms with Crippen LogP contribution >= 0.6 is 0 Å². The van der Waals surface area contributed by atoms with Crippen LogP contribution < -0.4 is 0 Å². The van der Waals surface area contributed by atoms with Crippen molar-refractivity contribution in [1.29, 1.82) is 0 Å². The van der Waals surface area contributed by atoms with Gasteiger partial charge in [-0.15, -0.1) is 0 Å². The molecule has 29 heavy (non-hydrogen) atoms. The summed E-state index contributed by atoms with van der Waals surface area (Å²) in [5.74, 6) is -1.92. The molecule has 0 aliphatic heterocycles. The van der Waals surface area contributed by atoms with Crippen molar-refractivity contribution in [1.82, 2.24) is 19.6 Å². The minimum atomic E-state index is -0.959. The SMILES string of the molecule is O=C(O)c1ccc(-c2cnn(Cn3cc(-c4ccc(C(=O)O)cc4)cn3)c2)cc1. The number of aromatic carboxylic acids is 2. The summed E-state index contributed by atoms with van der Waals surface area (Å²) in [4.78, 5) is 21.9. The van der Waals surface area contributed by atoms with Gasteiger partial charge in [-0.2, -0.15) is 10.2 Å². The summed E-state index contributed by atoms with van der Waals surface area (Å²) in [7, 11) is 0. The minimum Gasteiger partial charge on any atom is -0.478 e. The maximum Gasteiger partial charge on any atom is 0.335 e. The van der Waals surface area contributed by atoms with Crippen LogP contribution in [0.3, 0.4) is 0 Å². The Bertz CT molecular complexity index is 1080. The van der Waals surface area contributed by atoms with Crippen molar-refractivity contribution in [2.75, 3.05) is 0 Å². The summed E-state index contributed by atoms with van der Waals surface area (Å²) >= 11 is 0. The smallest absolute Gasteiger partial charge is 0.335 e. The summed E-state index contributed by atoms with van der Waals surface area (Å²) in [5.41, 5.74) is 3.97. The summed E-state index contributed by atoms with van der Waals surface area (Å²) in [6.45, 7) is 0.403. The van der Waals surface area contributed by atoms with Gasteiger partial charge in [0.2, 0.25) is 0 Å². The fourth-order valence-corrected chi connectivity index (χ4v) is 2.94. The fraction of sp³-hybridized carbons (Fsp3) is 0.0476. The Morgan fingerprint density at radius 2 is 1.03 bits per heavy atom. The molecule has 4 rings (SSSR count). The van der Waals surface area contributed by atoms with Crippen molar-refractivity contribution < 1.29 is 19.8 Å². The molecule has 2 aromatic heterocycles. The van der Waals surface area contributed by atoms with Crippen LogP contribution in [0.2, 0.25) is 0 Å². The van der Waals surface area contributed by atoms with E-state index in [9.17, 15) is 9.59 Å². The van der Waals surface area contributed by atoms with Crippen molar-refractivity contribution in [2.24, 2.45) is 0 Å². The standard InChI is InChI=1S/C21H16N4O4/c26-20(27)16-5-1-14(2-6-16)18-9-22-24(11-18)13-25-12-19(10-23-25)15-3-7-17(8-4-15)21(28)29/h1-12H,13H2,(H,26,27)(H,28,29). The van der Waals surface area contributed by atoms with Crippen LogP contribution in [0.1, 0.15) is 20.7 Å². The van der Waals surface area contributed by atoms with Gasteiger partial charge in [0.1, 0.15) is 6.67 Å². The normalized spacial score (nSPS) is 10.8. The third-order valence-electron chi connectivity index (χ3n) is 4.49. The van der Waals surface area contributed by atoms with E-state index >= 15 is 0 Å². The predicted octanol–water partition coefficient (Wildman–Crippen LogP) is 3.32. The number of nitrogens with zero attached hydrogens (tertiary/aromatic N) is 4. The van der Waals surface area contributed by atoms with Gasteiger partial charge in [0.05, 0.1) is 23.5 Å². The summed E-state index contributed by atoms with van der Waals surface area (Å²) in [5, 5.41) is 26.6. The molecule has 8 heteroatoms. The second-order valence-electron chi connectivity index (χ2n) is 6.44. The Labute approximate surface area is 165 Å². The van der Waals surface area contributed by atoms with Crippen molar-refractivity contribution in [3.05, 3.63) is 84.4 Å². The fourth-order valence-electron chi connectivity index (χ4n) is 2.94. The highest BCUT2D eigenvalue weighted by Gasteiger charge is 2.08. The first-order chi connectivity index (χ1) is 14.0. The highest BCUT2D eigenvalue weighted by Crippen LogP contribution is 2.21. The van der Waals surface area contributed by atoms with Crippen LogP contribution in [0.15, 0.2) is 73.3 Å². The number of carboxylic acid groups (broad SMARTS) is 2. The molecule has 2 heterocycles. The van der Waals surface area contributed by atoms with E-state index in [2.05, 4.69) is 10.2 Å². The molecule has 2 N–H and O–H groups in total. The number of carboxylic acids is 2. The molecule has 144 valence electrons. The number of hydrogen-bond donors (Lipinski definition) is 2. The summed E-state index contributed by atoms with van der Waals surface area (Å²) in [6, 6.07) is 13.2. The van der Waals surface area contributed by atoms with Crippen LogP contribution in [-0.4, -0.2) is 41.7 Å². The van der Waals surface area contributed by atoms with E-state index in [4.69, 9.17) is 10.2 Å². The highest BCUT2D eigenvalue weighted by molar-refractivity contribution is 5.88. The van der Waals surface area contributed by atoms with Gasteiger partial charge in [0, 0.05) is 23.5 Å². The third-order valence-corrected chi connectivity index (χ3v) is 4.49. The number of hydrogen-bond acceptors (Lipinski definition) is 4.